The van der Waals surface area contributed by atoms with Crippen LogP contribution in [0.15, 0.2) is 22.7 Å². The van der Waals surface area contributed by atoms with E-state index in [1.165, 1.54) is 4.47 Å². The molecule has 85 valence electrons. The summed E-state index contributed by atoms with van der Waals surface area (Å²) < 4.78 is 16.3. The van der Waals surface area contributed by atoms with Gasteiger partial charge in [0, 0.05) is 0 Å². The van der Waals surface area contributed by atoms with E-state index in [0.29, 0.717) is 12.2 Å². The Morgan fingerprint density at radius 2 is 1.87 bits per heavy atom. The van der Waals surface area contributed by atoms with E-state index in [1.54, 1.807) is 0 Å². The molecule has 0 bridgehead atoms. The van der Waals surface area contributed by atoms with Crippen molar-refractivity contribution in [3.63, 3.8) is 0 Å². The van der Waals surface area contributed by atoms with Crippen molar-refractivity contribution in [1.29, 1.82) is 0 Å². The van der Waals surface area contributed by atoms with Gasteiger partial charge in [-0.1, -0.05) is 0 Å². The Bertz CT molecular complexity index is 243. The molecule has 0 radical (unpaired) electrons. The Morgan fingerprint density at radius 3 is 2.13 bits per heavy atom. The molecule has 2 saturated heterocycles. The SMILES string of the molecule is C(OCC1CO1)C1CO1.[Fe][C]1=CC=CC1. The van der Waals surface area contributed by atoms with Gasteiger partial charge in [-0.05, 0) is 0 Å². The Kier molecular flexibility index (Phi) is 4.41. The van der Waals surface area contributed by atoms with Crippen LogP contribution >= 0.6 is 0 Å². The van der Waals surface area contributed by atoms with E-state index in [2.05, 4.69) is 22.1 Å². The third-order valence-electron chi connectivity index (χ3n) is 2.13. The van der Waals surface area contributed by atoms with Crippen LogP contribution in [0.1, 0.15) is 6.42 Å². The van der Waals surface area contributed by atoms with Gasteiger partial charge < -0.3 is 14.2 Å². The molecular formula is C11H15FeO3. The fourth-order valence-electron chi connectivity index (χ4n) is 1.08. The number of rotatable bonds is 4. The van der Waals surface area contributed by atoms with Crippen LogP contribution in [0.5, 0.6) is 0 Å². The molecule has 2 aliphatic heterocycles. The van der Waals surface area contributed by atoms with Gasteiger partial charge in [-0.2, -0.15) is 0 Å². The first-order valence-electron chi connectivity index (χ1n) is 5.15. The van der Waals surface area contributed by atoms with Crippen LogP contribution in [0, 0.1) is 0 Å². The Morgan fingerprint density at radius 1 is 1.27 bits per heavy atom. The summed E-state index contributed by atoms with van der Waals surface area (Å²) in [5, 5.41) is 0. The van der Waals surface area contributed by atoms with Crippen LogP contribution in [0.4, 0.5) is 0 Å². The summed E-state index contributed by atoms with van der Waals surface area (Å²) in [7, 11) is 0. The zero-order valence-corrected chi connectivity index (χ0v) is 9.60. The zero-order valence-electron chi connectivity index (χ0n) is 8.50. The summed E-state index contributed by atoms with van der Waals surface area (Å²) >= 11 is 3.74. The second-order valence-corrected chi connectivity index (χ2v) is 4.39. The van der Waals surface area contributed by atoms with Crippen molar-refractivity contribution in [2.24, 2.45) is 0 Å². The van der Waals surface area contributed by atoms with Crippen molar-refractivity contribution in [2.45, 2.75) is 18.6 Å². The Balaban J connectivity index is 0.000000124. The third kappa shape index (κ3) is 5.50. The van der Waals surface area contributed by atoms with Gasteiger partial charge in [-0.25, -0.2) is 0 Å². The standard InChI is InChI=1S/C6H10O3.C5H5.Fe/c1(5-3-8-5)7-2-6-4-9-6;1-2-4-5-3-1;/h5-6H,1-4H2;1-3H,4H2;. The van der Waals surface area contributed by atoms with Crippen LogP contribution in [0.2, 0.25) is 0 Å². The van der Waals surface area contributed by atoms with Gasteiger partial charge in [0.1, 0.15) is 12.2 Å². The second-order valence-electron chi connectivity index (χ2n) is 3.68. The number of allylic oxidation sites excluding steroid dienone is 4. The zero-order chi connectivity index (χ0) is 10.5. The van der Waals surface area contributed by atoms with Crippen molar-refractivity contribution in [3.05, 3.63) is 22.7 Å². The van der Waals surface area contributed by atoms with Crippen LogP contribution < -0.4 is 0 Å². The molecule has 0 amide bonds. The molecule has 2 atom stereocenters. The molecule has 2 fully saturated rings. The maximum absolute atomic E-state index is 5.23. The summed E-state index contributed by atoms with van der Waals surface area (Å²) in [5.41, 5.74) is 0. The first-order valence-corrected chi connectivity index (χ1v) is 5.71. The van der Waals surface area contributed by atoms with Crippen molar-refractivity contribution in [3.8, 4) is 0 Å². The van der Waals surface area contributed by atoms with E-state index >= 15 is 0 Å². The average Bonchev–Trinajstić information content (AvgIpc) is 3.13. The first kappa shape index (κ1) is 11.4. The van der Waals surface area contributed by atoms with Crippen molar-refractivity contribution in [1.82, 2.24) is 0 Å². The molecule has 2 heterocycles. The van der Waals surface area contributed by atoms with Gasteiger partial charge in [-0.3, -0.25) is 0 Å². The normalized spacial score (nSPS) is 30.6. The van der Waals surface area contributed by atoms with E-state index in [0.717, 1.165) is 32.8 Å². The van der Waals surface area contributed by atoms with Crippen LogP contribution in [-0.2, 0) is 30.2 Å². The number of ether oxygens (including phenoxy) is 3. The quantitative estimate of drug-likeness (QED) is 0.555. The maximum atomic E-state index is 5.23. The number of epoxide rings is 2. The number of hydrogen-bond acceptors (Lipinski definition) is 3. The van der Waals surface area contributed by atoms with E-state index in [9.17, 15) is 0 Å². The fraction of sp³-hybridized carbons (Fsp3) is 0.636. The molecular weight excluding hydrogens is 236 g/mol. The molecule has 4 heteroatoms. The van der Waals surface area contributed by atoms with Gasteiger partial charge in [0.05, 0.1) is 26.4 Å². The molecule has 3 nitrogen and oxygen atoms in total. The molecule has 1 aliphatic carbocycles. The van der Waals surface area contributed by atoms with Crippen LogP contribution in [0.3, 0.4) is 0 Å². The van der Waals surface area contributed by atoms with E-state index in [-0.39, 0.29) is 0 Å². The van der Waals surface area contributed by atoms with E-state index < -0.39 is 0 Å². The topological polar surface area (TPSA) is 34.3 Å². The fourth-order valence-corrected chi connectivity index (χ4v) is 1.31. The van der Waals surface area contributed by atoms with Crippen molar-refractivity contribution in [2.75, 3.05) is 26.4 Å². The van der Waals surface area contributed by atoms with E-state index in [1.807, 2.05) is 12.2 Å². The minimum atomic E-state index is 0.392. The third-order valence-corrected chi connectivity index (χ3v) is 2.54. The Labute approximate surface area is 98.3 Å². The predicted octanol–water partition coefficient (Wildman–Crippen LogP) is 1.18. The molecule has 0 aromatic carbocycles. The monoisotopic (exact) mass is 251 g/mol. The summed E-state index contributed by atoms with van der Waals surface area (Å²) in [4.78, 5) is 0. The summed E-state index contributed by atoms with van der Waals surface area (Å²) in [6, 6.07) is 0. The van der Waals surface area contributed by atoms with Crippen LogP contribution in [-0.4, -0.2) is 38.6 Å². The molecule has 0 aromatic heterocycles. The summed E-state index contributed by atoms with van der Waals surface area (Å²) in [6.07, 6.45) is 8.00. The van der Waals surface area contributed by atoms with Gasteiger partial charge in [0.15, 0.2) is 0 Å². The molecule has 3 rings (SSSR count). The van der Waals surface area contributed by atoms with E-state index in [4.69, 9.17) is 14.2 Å². The molecule has 0 spiro atoms. The predicted molar refractivity (Wildman–Crippen MR) is 52.1 cm³/mol. The van der Waals surface area contributed by atoms with Gasteiger partial charge in [-0.15, -0.1) is 0 Å². The van der Waals surface area contributed by atoms with Gasteiger partial charge in [0.2, 0.25) is 0 Å². The molecule has 3 aliphatic rings. The summed E-state index contributed by atoms with van der Waals surface area (Å²) in [6.45, 7) is 3.26. The number of hydrogen-bond donors (Lipinski definition) is 0. The molecule has 0 aromatic rings. The van der Waals surface area contributed by atoms with Crippen molar-refractivity contribution < 1.29 is 30.2 Å². The summed E-state index contributed by atoms with van der Waals surface area (Å²) in [5.74, 6) is 0. The molecule has 15 heavy (non-hydrogen) atoms. The molecule has 0 N–H and O–H groups in total. The minimum absolute atomic E-state index is 0.392. The van der Waals surface area contributed by atoms with Crippen LogP contribution in [0.25, 0.3) is 0 Å². The molecule has 0 saturated carbocycles. The van der Waals surface area contributed by atoms with Gasteiger partial charge in [0.25, 0.3) is 0 Å². The average molecular weight is 251 g/mol. The molecule has 2 unspecified atom stereocenters. The Hall–Kier alpha value is -0.121. The van der Waals surface area contributed by atoms with Crippen molar-refractivity contribution >= 4 is 0 Å². The first-order chi connectivity index (χ1) is 7.34. The van der Waals surface area contributed by atoms with Gasteiger partial charge >= 0.3 is 45.1 Å². The second kappa shape index (κ2) is 5.83.